The fourth-order valence-corrected chi connectivity index (χ4v) is 2.72. The van der Waals surface area contributed by atoms with Crippen LogP contribution in [0.5, 0.6) is 0 Å². The van der Waals surface area contributed by atoms with Gasteiger partial charge in [0.1, 0.15) is 16.7 Å². The van der Waals surface area contributed by atoms with Gasteiger partial charge >= 0.3 is 0 Å². The van der Waals surface area contributed by atoms with Crippen LogP contribution in [-0.4, -0.2) is 27.0 Å². The van der Waals surface area contributed by atoms with E-state index < -0.39 is 0 Å². The van der Waals surface area contributed by atoms with Crippen molar-refractivity contribution in [2.24, 2.45) is 0 Å². The van der Waals surface area contributed by atoms with Gasteiger partial charge in [-0.15, -0.1) is 0 Å². The van der Waals surface area contributed by atoms with E-state index >= 15 is 0 Å². The van der Waals surface area contributed by atoms with Crippen LogP contribution in [0, 0.1) is 0 Å². The minimum Gasteiger partial charge on any atom is -0.383 e. The number of para-hydroxylation sites is 1. The summed E-state index contributed by atoms with van der Waals surface area (Å²) in [6.07, 6.45) is 0. The Morgan fingerprint density at radius 1 is 1.00 bits per heavy atom. The van der Waals surface area contributed by atoms with Crippen molar-refractivity contribution in [3.05, 3.63) is 30.3 Å². The third-order valence-corrected chi connectivity index (χ3v) is 3.59. The van der Waals surface area contributed by atoms with Gasteiger partial charge in [-0.3, -0.25) is 0 Å². The van der Waals surface area contributed by atoms with Crippen LogP contribution in [0.1, 0.15) is 0 Å². The maximum absolute atomic E-state index is 5.69. The lowest BCUT2D eigenvalue weighted by Gasteiger charge is -2.07. The average molecular weight is 299 g/mol. The predicted octanol–water partition coefficient (Wildman–Crippen LogP) is 1.78. The number of hydrogen-bond acceptors (Lipinski definition) is 8. The van der Waals surface area contributed by atoms with Crippen molar-refractivity contribution < 1.29 is 0 Å². The smallest absolute Gasteiger partial charge is 0.224 e. The number of aromatic nitrogens is 4. The molecule has 0 radical (unpaired) electrons. The van der Waals surface area contributed by atoms with Gasteiger partial charge in [-0.05, 0) is 17.8 Å². The second-order valence-electron chi connectivity index (χ2n) is 4.22. The van der Waals surface area contributed by atoms with Crippen LogP contribution in [0.2, 0.25) is 0 Å². The average Bonchev–Trinajstić information content (AvgIpc) is 2.46. The number of nitrogens with zero attached hydrogens (tertiary/aromatic N) is 4. The topological polar surface area (TPSA) is 116 Å². The van der Waals surface area contributed by atoms with Gasteiger partial charge in [-0.2, -0.15) is 0 Å². The zero-order chi connectivity index (χ0) is 14.8. The highest BCUT2D eigenvalue weighted by Gasteiger charge is 2.11. The van der Waals surface area contributed by atoms with Gasteiger partial charge in [0, 0.05) is 18.5 Å². The highest BCUT2D eigenvalue weighted by molar-refractivity contribution is 7.99. The lowest BCUT2D eigenvalue weighted by Crippen LogP contribution is -2.01. The van der Waals surface area contributed by atoms with Crippen molar-refractivity contribution in [1.82, 2.24) is 19.9 Å². The molecular weight excluding hydrogens is 286 g/mol. The first-order chi connectivity index (χ1) is 10.2. The maximum Gasteiger partial charge on any atom is 0.224 e. The number of nitrogens with two attached hydrogens (primary N) is 2. The summed E-state index contributed by atoms with van der Waals surface area (Å²) in [5.74, 6) is 1.20. The summed E-state index contributed by atoms with van der Waals surface area (Å²) >= 11 is 1.30. The Bertz CT molecular complexity index is 785. The van der Waals surface area contributed by atoms with E-state index in [1.807, 2.05) is 24.3 Å². The number of fused-ring (bicyclic) bond motifs is 1. The SMILES string of the molecule is CNc1nc(Sc2nc(N)cc(N)n2)c2ccccc2n1. The quantitative estimate of drug-likeness (QED) is 0.495. The van der Waals surface area contributed by atoms with Crippen LogP contribution in [0.3, 0.4) is 0 Å². The molecule has 8 heteroatoms. The minimum absolute atomic E-state index is 0.331. The first-order valence-electron chi connectivity index (χ1n) is 6.18. The molecular formula is C13H13N7S. The van der Waals surface area contributed by atoms with Gasteiger partial charge in [0.2, 0.25) is 5.95 Å². The molecule has 106 valence electrons. The Morgan fingerprint density at radius 2 is 1.71 bits per heavy atom. The first kappa shape index (κ1) is 13.4. The van der Waals surface area contributed by atoms with E-state index in [9.17, 15) is 0 Å². The summed E-state index contributed by atoms with van der Waals surface area (Å²) in [5, 5.41) is 5.07. The Balaban J connectivity index is 2.10. The van der Waals surface area contributed by atoms with E-state index in [1.165, 1.54) is 17.8 Å². The summed E-state index contributed by atoms with van der Waals surface area (Å²) in [6, 6.07) is 9.26. The van der Waals surface area contributed by atoms with Gasteiger partial charge in [0.15, 0.2) is 5.16 Å². The monoisotopic (exact) mass is 299 g/mol. The van der Waals surface area contributed by atoms with E-state index in [4.69, 9.17) is 11.5 Å². The van der Waals surface area contributed by atoms with Gasteiger partial charge in [-0.1, -0.05) is 18.2 Å². The summed E-state index contributed by atoms with van der Waals surface area (Å²) in [6.45, 7) is 0. The molecule has 0 amide bonds. The summed E-state index contributed by atoms with van der Waals surface area (Å²) in [4.78, 5) is 17.2. The molecule has 0 aliphatic carbocycles. The van der Waals surface area contributed by atoms with Crippen LogP contribution in [0.4, 0.5) is 17.6 Å². The Morgan fingerprint density at radius 3 is 2.43 bits per heavy atom. The zero-order valence-electron chi connectivity index (χ0n) is 11.2. The van der Waals surface area contributed by atoms with Crippen LogP contribution < -0.4 is 16.8 Å². The van der Waals surface area contributed by atoms with Crippen LogP contribution in [0.25, 0.3) is 10.9 Å². The highest BCUT2D eigenvalue weighted by atomic mass is 32.2. The van der Waals surface area contributed by atoms with Crippen molar-refractivity contribution in [2.45, 2.75) is 10.2 Å². The van der Waals surface area contributed by atoms with Crippen molar-refractivity contribution in [3.8, 4) is 0 Å². The Kier molecular flexibility index (Phi) is 3.44. The third kappa shape index (κ3) is 2.79. The van der Waals surface area contributed by atoms with Crippen molar-refractivity contribution in [1.29, 1.82) is 0 Å². The molecule has 0 fully saturated rings. The second-order valence-corrected chi connectivity index (χ2v) is 5.18. The normalized spacial score (nSPS) is 10.7. The van der Waals surface area contributed by atoms with Crippen LogP contribution in [-0.2, 0) is 0 Å². The molecule has 7 nitrogen and oxygen atoms in total. The van der Waals surface area contributed by atoms with Crippen molar-refractivity contribution in [2.75, 3.05) is 23.8 Å². The molecule has 0 unspecified atom stereocenters. The molecule has 3 rings (SSSR count). The largest absolute Gasteiger partial charge is 0.383 e. The zero-order valence-corrected chi connectivity index (χ0v) is 12.1. The van der Waals surface area contributed by atoms with E-state index in [0.29, 0.717) is 22.7 Å². The third-order valence-electron chi connectivity index (χ3n) is 2.73. The summed E-state index contributed by atoms with van der Waals surface area (Å²) in [7, 11) is 1.77. The summed E-state index contributed by atoms with van der Waals surface area (Å²) in [5.41, 5.74) is 12.2. The molecule has 0 atom stereocenters. The molecule has 2 heterocycles. The molecule has 0 bridgehead atoms. The molecule has 0 spiro atoms. The van der Waals surface area contributed by atoms with Gasteiger partial charge in [0.25, 0.3) is 0 Å². The first-order valence-corrected chi connectivity index (χ1v) is 7.00. The Labute approximate surface area is 125 Å². The summed E-state index contributed by atoms with van der Waals surface area (Å²) < 4.78 is 0. The molecule has 0 aliphatic rings. The molecule has 1 aromatic carbocycles. The van der Waals surface area contributed by atoms with E-state index in [2.05, 4.69) is 25.3 Å². The van der Waals surface area contributed by atoms with Gasteiger partial charge in [-0.25, -0.2) is 19.9 Å². The van der Waals surface area contributed by atoms with E-state index in [0.717, 1.165) is 15.9 Å². The highest BCUT2D eigenvalue weighted by Crippen LogP contribution is 2.31. The fourth-order valence-electron chi connectivity index (χ4n) is 1.83. The van der Waals surface area contributed by atoms with Gasteiger partial charge < -0.3 is 16.8 Å². The van der Waals surface area contributed by atoms with Crippen LogP contribution in [0.15, 0.2) is 40.5 Å². The van der Waals surface area contributed by atoms with Crippen molar-refractivity contribution >= 4 is 40.2 Å². The second kappa shape index (κ2) is 5.41. The number of anilines is 3. The van der Waals surface area contributed by atoms with Crippen LogP contribution >= 0.6 is 11.8 Å². The van der Waals surface area contributed by atoms with E-state index in [1.54, 1.807) is 7.05 Å². The predicted molar refractivity (Wildman–Crippen MR) is 84.1 cm³/mol. The molecule has 2 aromatic heterocycles. The fraction of sp³-hybridized carbons (Fsp3) is 0.0769. The lowest BCUT2D eigenvalue weighted by molar-refractivity contribution is 0.977. The molecule has 0 saturated heterocycles. The minimum atomic E-state index is 0.331. The molecule has 3 aromatic rings. The number of nitrogen functional groups attached to an aromatic ring is 2. The number of rotatable bonds is 3. The van der Waals surface area contributed by atoms with E-state index in [-0.39, 0.29) is 0 Å². The number of benzene rings is 1. The standard InChI is InChI=1S/C13H13N7S/c1-16-12-17-8-5-3-2-4-7(8)11(20-12)21-13-18-9(14)6-10(15)19-13/h2-6H,1H3,(H,16,17,20)(H4,14,15,18,19). The number of hydrogen-bond donors (Lipinski definition) is 3. The maximum atomic E-state index is 5.69. The molecule has 0 saturated carbocycles. The Hall–Kier alpha value is -2.61. The van der Waals surface area contributed by atoms with Gasteiger partial charge in [0.05, 0.1) is 5.52 Å². The molecule has 0 aliphatic heterocycles. The molecule has 5 N–H and O–H groups in total. The lowest BCUT2D eigenvalue weighted by atomic mass is 10.2. The van der Waals surface area contributed by atoms with Crippen molar-refractivity contribution in [3.63, 3.8) is 0 Å². The molecule has 21 heavy (non-hydrogen) atoms. The number of nitrogens with one attached hydrogen (secondary N) is 1.